The summed E-state index contributed by atoms with van der Waals surface area (Å²) in [5.74, 6) is -1.12. The van der Waals surface area contributed by atoms with Gasteiger partial charge < -0.3 is 10.1 Å². The fourth-order valence-corrected chi connectivity index (χ4v) is 1.77. The molecule has 1 aromatic rings. The second-order valence-corrected chi connectivity index (χ2v) is 5.44. The second kappa shape index (κ2) is 7.44. The summed E-state index contributed by atoms with van der Waals surface area (Å²) >= 11 is 7.13. The van der Waals surface area contributed by atoms with E-state index in [2.05, 4.69) is 15.3 Å². The highest BCUT2D eigenvalue weighted by molar-refractivity contribution is 7.98. The number of halogens is 1. The van der Waals surface area contributed by atoms with Crippen LogP contribution in [0.1, 0.15) is 31.3 Å². The smallest absolute Gasteiger partial charge is 0.359 e. The van der Waals surface area contributed by atoms with E-state index in [4.69, 9.17) is 16.3 Å². The molecule has 1 heterocycles. The summed E-state index contributed by atoms with van der Waals surface area (Å²) in [5.41, 5.74) is -0.0461. The van der Waals surface area contributed by atoms with Gasteiger partial charge in [-0.25, -0.2) is 14.8 Å². The lowest BCUT2D eigenvalue weighted by molar-refractivity contribution is -0.129. The molecule has 0 spiro atoms. The van der Waals surface area contributed by atoms with E-state index in [1.807, 2.05) is 13.8 Å². The van der Waals surface area contributed by atoms with Crippen LogP contribution < -0.4 is 5.32 Å². The number of hydrogen-bond acceptors (Lipinski definition) is 6. The van der Waals surface area contributed by atoms with Crippen molar-refractivity contribution in [2.45, 2.75) is 38.1 Å². The van der Waals surface area contributed by atoms with Gasteiger partial charge in [0.05, 0.1) is 11.2 Å². The normalized spacial score (nSPS) is 12.1. The standard InChI is InChI=1S/C12H16ClN3O3S/c1-6(2)15-10(17)7(3)19-11(18)9-8(13)5-14-12(16-9)20-4/h5-7H,1-4H3,(H,15,17). The number of amides is 1. The van der Waals surface area contributed by atoms with Crippen LogP contribution in [-0.4, -0.2) is 40.2 Å². The molecule has 0 aliphatic carbocycles. The van der Waals surface area contributed by atoms with Gasteiger partial charge in [-0.3, -0.25) is 4.79 Å². The number of nitrogens with one attached hydrogen (secondary N) is 1. The van der Waals surface area contributed by atoms with Crippen LogP contribution in [0, 0.1) is 0 Å². The van der Waals surface area contributed by atoms with Gasteiger partial charge in [-0.15, -0.1) is 0 Å². The lowest BCUT2D eigenvalue weighted by Gasteiger charge is -2.15. The van der Waals surface area contributed by atoms with Gasteiger partial charge in [0.15, 0.2) is 17.0 Å². The van der Waals surface area contributed by atoms with Crippen molar-refractivity contribution in [2.75, 3.05) is 6.26 Å². The third-order valence-electron chi connectivity index (χ3n) is 2.18. The van der Waals surface area contributed by atoms with Crippen LogP contribution in [0.3, 0.4) is 0 Å². The van der Waals surface area contributed by atoms with Crippen molar-refractivity contribution < 1.29 is 14.3 Å². The second-order valence-electron chi connectivity index (χ2n) is 4.26. The minimum absolute atomic E-state index is 0.0330. The van der Waals surface area contributed by atoms with Gasteiger partial charge in [-0.1, -0.05) is 23.4 Å². The van der Waals surface area contributed by atoms with E-state index in [-0.39, 0.29) is 22.7 Å². The number of aromatic nitrogens is 2. The highest BCUT2D eigenvalue weighted by Crippen LogP contribution is 2.17. The highest BCUT2D eigenvalue weighted by Gasteiger charge is 2.22. The van der Waals surface area contributed by atoms with E-state index in [9.17, 15) is 9.59 Å². The molecule has 8 heteroatoms. The minimum Gasteiger partial charge on any atom is -0.448 e. The Bertz CT molecular complexity index is 511. The first-order valence-corrected chi connectivity index (χ1v) is 7.53. The molecule has 0 aliphatic heterocycles. The number of esters is 1. The molecule has 0 radical (unpaired) electrons. The Hall–Kier alpha value is -1.34. The number of hydrogen-bond donors (Lipinski definition) is 1. The lowest BCUT2D eigenvalue weighted by Crippen LogP contribution is -2.39. The largest absolute Gasteiger partial charge is 0.448 e. The number of rotatable bonds is 5. The molecular weight excluding hydrogens is 302 g/mol. The zero-order chi connectivity index (χ0) is 15.3. The Labute approximate surface area is 126 Å². The lowest BCUT2D eigenvalue weighted by atomic mass is 10.3. The summed E-state index contributed by atoms with van der Waals surface area (Å²) < 4.78 is 5.04. The van der Waals surface area contributed by atoms with Gasteiger partial charge in [0.25, 0.3) is 5.91 Å². The van der Waals surface area contributed by atoms with Crippen molar-refractivity contribution in [3.8, 4) is 0 Å². The predicted molar refractivity (Wildman–Crippen MR) is 77.0 cm³/mol. The van der Waals surface area contributed by atoms with Crippen molar-refractivity contribution in [2.24, 2.45) is 0 Å². The summed E-state index contributed by atoms with van der Waals surface area (Å²) in [7, 11) is 0. The Morgan fingerprint density at radius 1 is 1.40 bits per heavy atom. The highest BCUT2D eigenvalue weighted by atomic mass is 35.5. The molecule has 0 bridgehead atoms. The van der Waals surface area contributed by atoms with Gasteiger partial charge in [-0.05, 0) is 27.0 Å². The van der Waals surface area contributed by atoms with E-state index < -0.39 is 12.1 Å². The van der Waals surface area contributed by atoms with Gasteiger partial charge in [0.2, 0.25) is 0 Å². The average molecular weight is 318 g/mol. The summed E-state index contributed by atoms with van der Waals surface area (Å²) in [6.45, 7) is 5.12. The number of carbonyl (C=O) groups is 2. The van der Waals surface area contributed by atoms with Crippen LogP contribution in [0.25, 0.3) is 0 Å². The minimum atomic E-state index is -0.923. The van der Waals surface area contributed by atoms with Crippen LogP contribution in [0.4, 0.5) is 0 Å². The third-order valence-corrected chi connectivity index (χ3v) is 3.02. The Morgan fingerprint density at radius 2 is 2.05 bits per heavy atom. The van der Waals surface area contributed by atoms with Crippen LogP contribution >= 0.6 is 23.4 Å². The molecule has 1 aromatic heterocycles. The molecule has 110 valence electrons. The summed E-state index contributed by atoms with van der Waals surface area (Å²) in [6.07, 6.45) is 2.18. The maximum absolute atomic E-state index is 11.9. The molecular formula is C12H16ClN3O3S. The fraction of sp³-hybridized carbons (Fsp3) is 0.500. The SMILES string of the molecule is CSc1ncc(Cl)c(C(=O)OC(C)C(=O)NC(C)C)n1. The summed E-state index contributed by atoms with van der Waals surface area (Å²) in [5, 5.41) is 3.14. The van der Waals surface area contributed by atoms with E-state index in [1.165, 1.54) is 24.9 Å². The monoisotopic (exact) mass is 317 g/mol. The number of carbonyl (C=O) groups excluding carboxylic acids is 2. The van der Waals surface area contributed by atoms with Gasteiger partial charge in [0.1, 0.15) is 0 Å². The molecule has 1 N–H and O–H groups in total. The van der Waals surface area contributed by atoms with Crippen LogP contribution in [-0.2, 0) is 9.53 Å². The summed E-state index contributed by atoms with van der Waals surface area (Å²) in [6, 6.07) is -0.0330. The Kier molecular flexibility index (Phi) is 6.22. The van der Waals surface area contributed by atoms with Crippen molar-refractivity contribution in [1.29, 1.82) is 0 Å². The first-order valence-electron chi connectivity index (χ1n) is 5.93. The fourth-order valence-electron chi connectivity index (χ4n) is 1.26. The van der Waals surface area contributed by atoms with Gasteiger partial charge in [0, 0.05) is 6.04 Å². The first-order chi connectivity index (χ1) is 9.35. The third kappa shape index (κ3) is 4.64. The molecule has 20 heavy (non-hydrogen) atoms. The number of ether oxygens (including phenoxy) is 1. The molecule has 1 amide bonds. The molecule has 0 saturated heterocycles. The van der Waals surface area contributed by atoms with Gasteiger partial charge in [-0.2, -0.15) is 0 Å². The molecule has 1 rings (SSSR count). The molecule has 0 fully saturated rings. The zero-order valence-electron chi connectivity index (χ0n) is 11.6. The van der Waals surface area contributed by atoms with Crippen molar-refractivity contribution in [1.82, 2.24) is 15.3 Å². The van der Waals surface area contributed by atoms with E-state index in [0.717, 1.165) is 0 Å². The zero-order valence-corrected chi connectivity index (χ0v) is 13.2. The first kappa shape index (κ1) is 16.7. The maximum atomic E-state index is 11.9. The van der Waals surface area contributed by atoms with E-state index in [0.29, 0.717) is 5.16 Å². The molecule has 0 aromatic carbocycles. The summed E-state index contributed by atoms with van der Waals surface area (Å²) in [4.78, 5) is 31.5. The van der Waals surface area contributed by atoms with Gasteiger partial charge >= 0.3 is 5.97 Å². The number of nitrogens with zero attached hydrogens (tertiary/aromatic N) is 2. The van der Waals surface area contributed by atoms with E-state index in [1.54, 1.807) is 6.26 Å². The average Bonchev–Trinajstić information content (AvgIpc) is 2.38. The predicted octanol–water partition coefficient (Wildman–Crippen LogP) is 1.92. The van der Waals surface area contributed by atoms with Crippen LogP contribution in [0.2, 0.25) is 5.02 Å². The van der Waals surface area contributed by atoms with Crippen molar-refractivity contribution in [3.05, 3.63) is 16.9 Å². The number of thioether (sulfide) groups is 1. The van der Waals surface area contributed by atoms with Crippen LogP contribution in [0.15, 0.2) is 11.4 Å². The maximum Gasteiger partial charge on any atom is 0.359 e. The quantitative estimate of drug-likeness (QED) is 0.507. The van der Waals surface area contributed by atoms with E-state index >= 15 is 0 Å². The molecule has 6 nitrogen and oxygen atoms in total. The topological polar surface area (TPSA) is 81.2 Å². The van der Waals surface area contributed by atoms with Crippen LogP contribution in [0.5, 0.6) is 0 Å². The van der Waals surface area contributed by atoms with Crippen molar-refractivity contribution >= 4 is 35.2 Å². The van der Waals surface area contributed by atoms with Crippen molar-refractivity contribution in [3.63, 3.8) is 0 Å². The Morgan fingerprint density at radius 3 is 2.60 bits per heavy atom. The molecule has 0 saturated carbocycles. The molecule has 1 atom stereocenters. The molecule has 0 aliphatic rings. The Balaban J connectivity index is 2.78. The molecule has 1 unspecified atom stereocenters.